The zero-order chi connectivity index (χ0) is 31.9. The number of ether oxygens (including phenoxy) is 3. The zero-order valence-corrected chi connectivity index (χ0v) is 24.7. The molecule has 11 nitrogen and oxygen atoms in total. The van der Waals surface area contributed by atoms with Crippen LogP contribution in [0.2, 0.25) is 5.02 Å². The van der Waals surface area contributed by atoms with Crippen LogP contribution in [0, 0.1) is 10.1 Å². The minimum absolute atomic E-state index is 0.0241. The highest BCUT2D eigenvalue weighted by Gasteiger charge is 2.36. The summed E-state index contributed by atoms with van der Waals surface area (Å²) >= 11 is 5.92. The molecule has 0 atom stereocenters. The summed E-state index contributed by atoms with van der Waals surface area (Å²) < 4.78 is 17.4. The lowest BCUT2D eigenvalue weighted by Gasteiger charge is -2.26. The van der Waals surface area contributed by atoms with Gasteiger partial charge in [-0.25, -0.2) is 9.69 Å². The lowest BCUT2D eigenvalue weighted by molar-refractivity contribution is -0.384. The molecule has 0 spiro atoms. The number of benzene rings is 4. The summed E-state index contributed by atoms with van der Waals surface area (Å²) in [5, 5.41) is 13.7. The van der Waals surface area contributed by atoms with Crippen LogP contribution < -0.4 is 24.4 Å². The van der Waals surface area contributed by atoms with E-state index in [-0.39, 0.29) is 23.6 Å². The number of halogens is 1. The van der Waals surface area contributed by atoms with Crippen molar-refractivity contribution in [3.63, 3.8) is 0 Å². The van der Waals surface area contributed by atoms with Gasteiger partial charge in [0.05, 0.1) is 17.2 Å². The van der Waals surface area contributed by atoms with Crippen LogP contribution in [0.3, 0.4) is 0 Å². The van der Waals surface area contributed by atoms with Gasteiger partial charge in [-0.2, -0.15) is 0 Å². The van der Waals surface area contributed by atoms with Crippen molar-refractivity contribution < 1.29 is 33.5 Å². The third-order valence-electron chi connectivity index (χ3n) is 6.64. The molecule has 1 aliphatic heterocycles. The minimum atomic E-state index is -0.873. The number of nitro groups is 1. The quantitative estimate of drug-likeness (QED) is 0.0864. The number of barbiturate groups is 1. The maximum atomic E-state index is 13.4. The lowest BCUT2D eigenvalue weighted by atomic mass is 10.1. The summed E-state index contributed by atoms with van der Waals surface area (Å²) in [4.78, 5) is 50.1. The Morgan fingerprint density at radius 3 is 2.11 bits per heavy atom. The summed E-state index contributed by atoms with van der Waals surface area (Å²) in [5.74, 6) is -0.355. The topological polar surface area (TPSA) is 137 Å². The van der Waals surface area contributed by atoms with Crippen LogP contribution in [-0.2, 0) is 22.8 Å². The van der Waals surface area contributed by atoms with Gasteiger partial charge in [0, 0.05) is 17.2 Å². The van der Waals surface area contributed by atoms with E-state index >= 15 is 0 Å². The van der Waals surface area contributed by atoms with Crippen LogP contribution in [0.25, 0.3) is 6.08 Å². The first kappa shape index (κ1) is 30.8. The molecule has 45 heavy (non-hydrogen) atoms. The number of anilines is 1. The largest absolute Gasteiger partial charge is 0.490 e. The van der Waals surface area contributed by atoms with E-state index < -0.39 is 22.8 Å². The van der Waals surface area contributed by atoms with Crippen molar-refractivity contribution >= 4 is 46.9 Å². The highest BCUT2D eigenvalue weighted by molar-refractivity contribution is 6.39. The molecule has 4 amide bonds. The molecule has 4 aromatic carbocycles. The first-order chi connectivity index (χ1) is 21.7. The maximum absolute atomic E-state index is 13.4. The van der Waals surface area contributed by atoms with Gasteiger partial charge >= 0.3 is 6.03 Å². The number of non-ortho nitro benzene ring substituents is 1. The molecule has 1 fully saturated rings. The second-order valence-electron chi connectivity index (χ2n) is 9.72. The molecule has 228 valence electrons. The number of nitrogens with one attached hydrogen (secondary N) is 1. The standard InChI is InChI=1S/C33H26ClN3O8/c1-2-43-30-18-23(7-16-29(30)45-20-22-5-10-26(11-6-22)37(41)42)17-28-31(38)35-33(40)36(32(28)39)25-12-14-27(15-13-25)44-19-21-3-8-24(34)9-4-21/h3-18H,2,19-20H2,1H3,(H,35,38,40)/b28-17+. The number of rotatable bonds is 11. The first-order valence-corrected chi connectivity index (χ1v) is 14.1. The summed E-state index contributed by atoms with van der Waals surface area (Å²) in [5.41, 5.74) is 2.06. The Labute approximate surface area is 262 Å². The first-order valence-electron chi connectivity index (χ1n) is 13.7. The molecule has 0 radical (unpaired) electrons. The van der Waals surface area contributed by atoms with Gasteiger partial charge < -0.3 is 14.2 Å². The number of hydrogen-bond acceptors (Lipinski definition) is 8. The van der Waals surface area contributed by atoms with Crippen molar-refractivity contribution in [2.45, 2.75) is 20.1 Å². The Hall–Kier alpha value is -5.68. The lowest BCUT2D eigenvalue weighted by Crippen LogP contribution is -2.54. The van der Waals surface area contributed by atoms with Gasteiger partial charge in [-0.05, 0) is 90.4 Å². The molecule has 0 unspecified atom stereocenters. The number of hydrogen-bond donors (Lipinski definition) is 1. The summed E-state index contributed by atoms with van der Waals surface area (Å²) in [6, 6.07) is 23.5. The molecule has 1 N–H and O–H groups in total. The molecule has 1 aliphatic rings. The molecule has 12 heteroatoms. The van der Waals surface area contributed by atoms with Crippen LogP contribution in [0.1, 0.15) is 23.6 Å². The predicted octanol–water partition coefficient (Wildman–Crippen LogP) is 6.47. The van der Waals surface area contributed by atoms with Gasteiger partial charge in [-0.15, -0.1) is 0 Å². The van der Waals surface area contributed by atoms with Gasteiger partial charge in [-0.1, -0.05) is 29.8 Å². The highest BCUT2D eigenvalue weighted by Crippen LogP contribution is 2.31. The number of imide groups is 2. The van der Waals surface area contributed by atoms with E-state index in [9.17, 15) is 24.5 Å². The zero-order valence-electron chi connectivity index (χ0n) is 23.9. The fourth-order valence-electron chi connectivity index (χ4n) is 4.37. The van der Waals surface area contributed by atoms with Crippen molar-refractivity contribution in [3.05, 3.63) is 128 Å². The number of nitrogens with zero attached hydrogens (tertiary/aromatic N) is 2. The van der Waals surface area contributed by atoms with E-state index in [4.69, 9.17) is 25.8 Å². The van der Waals surface area contributed by atoms with Gasteiger partial charge in [0.2, 0.25) is 0 Å². The van der Waals surface area contributed by atoms with Crippen molar-refractivity contribution in [3.8, 4) is 17.2 Å². The number of carbonyl (C=O) groups excluding carboxylic acids is 3. The number of urea groups is 1. The molecular weight excluding hydrogens is 602 g/mol. The van der Waals surface area contributed by atoms with Gasteiger partial charge in [-0.3, -0.25) is 25.0 Å². The average Bonchev–Trinajstić information content (AvgIpc) is 3.03. The Kier molecular flexibility index (Phi) is 9.40. The van der Waals surface area contributed by atoms with Crippen LogP contribution in [0.4, 0.5) is 16.2 Å². The fraction of sp³-hybridized carbons (Fsp3) is 0.121. The van der Waals surface area contributed by atoms with Crippen molar-refractivity contribution in [1.29, 1.82) is 0 Å². The third-order valence-corrected chi connectivity index (χ3v) is 6.89. The van der Waals surface area contributed by atoms with E-state index in [1.807, 2.05) is 12.1 Å². The van der Waals surface area contributed by atoms with Gasteiger partial charge in [0.15, 0.2) is 11.5 Å². The molecule has 0 aliphatic carbocycles. The molecule has 0 bridgehead atoms. The van der Waals surface area contributed by atoms with Gasteiger partial charge in [0.1, 0.15) is 24.5 Å². The summed E-state index contributed by atoms with van der Waals surface area (Å²) in [6.07, 6.45) is 1.36. The second kappa shape index (κ2) is 13.7. The van der Waals surface area contributed by atoms with E-state index in [0.717, 1.165) is 10.5 Å². The van der Waals surface area contributed by atoms with Crippen LogP contribution in [0.15, 0.2) is 96.6 Å². The molecule has 0 aromatic heterocycles. The Morgan fingerprint density at radius 1 is 0.822 bits per heavy atom. The maximum Gasteiger partial charge on any atom is 0.335 e. The highest BCUT2D eigenvalue weighted by atomic mass is 35.5. The summed E-state index contributed by atoms with van der Waals surface area (Å²) in [6.45, 7) is 2.53. The Balaban J connectivity index is 1.31. The third kappa shape index (κ3) is 7.46. The molecule has 0 saturated carbocycles. The number of amides is 4. The Bertz CT molecular complexity index is 1770. The smallest absolute Gasteiger partial charge is 0.335 e. The SMILES string of the molecule is CCOc1cc(/C=C2\C(=O)NC(=O)N(c3ccc(OCc4ccc(Cl)cc4)cc3)C2=O)ccc1OCc1ccc([N+](=O)[O-])cc1. The monoisotopic (exact) mass is 627 g/mol. The second-order valence-corrected chi connectivity index (χ2v) is 10.2. The Morgan fingerprint density at radius 2 is 1.47 bits per heavy atom. The molecular formula is C33H26ClN3O8. The van der Waals surface area contributed by atoms with Crippen molar-refractivity contribution in [1.82, 2.24) is 5.32 Å². The van der Waals surface area contributed by atoms with E-state index in [0.29, 0.717) is 46.6 Å². The minimum Gasteiger partial charge on any atom is -0.490 e. The van der Waals surface area contributed by atoms with Gasteiger partial charge in [0.25, 0.3) is 17.5 Å². The average molecular weight is 628 g/mol. The molecule has 5 rings (SSSR count). The molecule has 1 heterocycles. The number of nitro benzene ring substituents is 1. The summed E-state index contributed by atoms with van der Waals surface area (Å²) in [7, 11) is 0. The normalized spacial score (nSPS) is 13.9. The van der Waals surface area contributed by atoms with Crippen LogP contribution in [-0.4, -0.2) is 29.4 Å². The van der Waals surface area contributed by atoms with E-state index in [2.05, 4.69) is 5.32 Å². The number of carbonyl (C=O) groups is 3. The van der Waals surface area contributed by atoms with Crippen molar-refractivity contribution in [2.75, 3.05) is 11.5 Å². The van der Waals surface area contributed by atoms with Crippen LogP contribution in [0.5, 0.6) is 17.2 Å². The molecule has 1 saturated heterocycles. The van der Waals surface area contributed by atoms with Crippen molar-refractivity contribution in [2.24, 2.45) is 0 Å². The molecule has 4 aromatic rings. The van der Waals surface area contributed by atoms with E-state index in [1.165, 1.54) is 18.2 Å². The van der Waals surface area contributed by atoms with E-state index in [1.54, 1.807) is 73.7 Å². The fourth-order valence-corrected chi connectivity index (χ4v) is 4.50. The predicted molar refractivity (Wildman–Crippen MR) is 166 cm³/mol. The van der Waals surface area contributed by atoms with Crippen LogP contribution >= 0.6 is 11.6 Å².